The normalized spacial score (nSPS) is 10.8. The lowest BCUT2D eigenvalue weighted by Crippen LogP contribution is -2.20. The van der Waals surface area contributed by atoms with Crippen LogP contribution in [0.15, 0.2) is 84.0 Å². The van der Waals surface area contributed by atoms with Crippen molar-refractivity contribution < 1.29 is 19.1 Å². The topological polar surface area (TPSA) is 134 Å². The van der Waals surface area contributed by atoms with Crippen LogP contribution in [-0.4, -0.2) is 46.5 Å². The molecule has 3 N–H and O–H groups in total. The SMILES string of the molecule is COc1cc(/C=N/NC(=O)c2nc(-c3ccccc3)n(-c3ccccc3)n2)ccc1OCC(N)=O. The summed E-state index contributed by atoms with van der Waals surface area (Å²) in [6.45, 7) is -0.270. The van der Waals surface area contributed by atoms with Crippen molar-refractivity contribution in [2.75, 3.05) is 13.7 Å². The van der Waals surface area contributed by atoms with Gasteiger partial charge in [-0.2, -0.15) is 5.10 Å². The maximum Gasteiger partial charge on any atom is 0.311 e. The minimum Gasteiger partial charge on any atom is -0.493 e. The predicted molar refractivity (Wildman–Crippen MR) is 130 cm³/mol. The summed E-state index contributed by atoms with van der Waals surface area (Å²) in [5.41, 5.74) is 9.76. The minimum atomic E-state index is -0.598. The van der Waals surface area contributed by atoms with Crippen LogP contribution in [0.4, 0.5) is 0 Å². The largest absolute Gasteiger partial charge is 0.493 e. The molecule has 0 fully saturated rings. The first kappa shape index (κ1) is 23.2. The van der Waals surface area contributed by atoms with Crippen LogP contribution in [0.3, 0.4) is 0 Å². The van der Waals surface area contributed by atoms with E-state index in [1.54, 1.807) is 22.9 Å². The van der Waals surface area contributed by atoms with E-state index in [2.05, 4.69) is 20.6 Å². The maximum atomic E-state index is 12.7. The van der Waals surface area contributed by atoms with Gasteiger partial charge in [-0.1, -0.05) is 48.5 Å². The number of carbonyl (C=O) groups is 2. The monoisotopic (exact) mass is 470 g/mol. The van der Waals surface area contributed by atoms with Crippen molar-refractivity contribution in [3.8, 4) is 28.6 Å². The number of nitrogens with two attached hydrogens (primary N) is 1. The molecule has 3 aromatic carbocycles. The van der Waals surface area contributed by atoms with E-state index in [0.29, 0.717) is 22.9 Å². The molecule has 0 aliphatic heterocycles. The van der Waals surface area contributed by atoms with Crippen molar-refractivity contribution in [2.24, 2.45) is 10.8 Å². The quantitative estimate of drug-likeness (QED) is 0.285. The van der Waals surface area contributed by atoms with Crippen molar-refractivity contribution >= 4 is 18.0 Å². The Morgan fingerprint density at radius 2 is 1.74 bits per heavy atom. The number of aromatic nitrogens is 3. The number of benzene rings is 3. The van der Waals surface area contributed by atoms with Gasteiger partial charge in [0.2, 0.25) is 5.82 Å². The summed E-state index contributed by atoms with van der Waals surface area (Å²) >= 11 is 0. The van der Waals surface area contributed by atoms with Gasteiger partial charge in [-0.25, -0.2) is 15.1 Å². The van der Waals surface area contributed by atoms with Gasteiger partial charge in [0.15, 0.2) is 23.9 Å². The molecule has 2 amide bonds. The number of methoxy groups -OCH3 is 1. The van der Waals surface area contributed by atoms with Crippen LogP contribution in [0.5, 0.6) is 11.5 Å². The van der Waals surface area contributed by atoms with Gasteiger partial charge < -0.3 is 15.2 Å². The highest BCUT2D eigenvalue weighted by molar-refractivity contribution is 5.92. The molecule has 35 heavy (non-hydrogen) atoms. The molecule has 10 heteroatoms. The van der Waals surface area contributed by atoms with E-state index in [1.165, 1.54) is 13.3 Å². The van der Waals surface area contributed by atoms with Crippen molar-refractivity contribution in [1.82, 2.24) is 20.2 Å². The molecule has 0 atom stereocenters. The second-order valence-corrected chi connectivity index (χ2v) is 7.24. The smallest absolute Gasteiger partial charge is 0.311 e. The highest BCUT2D eigenvalue weighted by Crippen LogP contribution is 2.27. The number of primary amides is 1. The molecule has 0 aliphatic rings. The van der Waals surface area contributed by atoms with Gasteiger partial charge in [-0.15, -0.1) is 5.10 Å². The average Bonchev–Trinajstić information content (AvgIpc) is 3.34. The van der Waals surface area contributed by atoms with Crippen molar-refractivity contribution in [3.63, 3.8) is 0 Å². The van der Waals surface area contributed by atoms with Crippen LogP contribution in [0.2, 0.25) is 0 Å². The first-order valence-corrected chi connectivity index (χ1v) is 10.6. The third kappa shape index (κ3) is 5.69. The molecular formula is C25H22N6O4. The maximum absolute atomic E-state index is 12.7. The molecule has 0 unspecified atom stereocenters. The molecule has 0 spiro atoms. The summed E-state index contributed by atoms with van der Waals surface area (Å²) in [5, 5.41) is 8.40. The molecule has 4 rings (SSSR count). The zero-order chi connectivity index (χ0) is 24.6. The molecular weight excluding hydrogens is 448 g/mol. The van der Waals surface area contributed by atoms with Gasteiger partial charge in [0.05, 0.1) is 19.0 Å². The van der Waals surface area contributed by atoms with Gasteiger partial charge in [0.25, 0.3) is 5.91 Å². The van der Waals surface area contributed by atoms with E-state index in [0.717, 1.165) is 11.3 Å². The van der Waals surface area contributed by atoms with Crippen molar-refractivity contribution in [3.05, 3.63) is 90.3 Å². The van der Waals surface area contributed by atoms with E-state index >= 15 is 0 Å². The fourth-order valence-electron chi connectivity index (χ4n) is 3.18. The number of ether oxygens (including phenoxy) is 2. The Labute approximate surface area is 201 Å². The average molecular weight is 470 g/mol. The highest BCUT2D eigenvalue weighted by atomic mass is 16.5. The van der Waals surface area contributed by atoms with Crippen LogP contribution in [-0.2, 0) is 4.79 Å². The van der Waals surface area contributed by atoms with Crippen molar-refractivity contribution in [1.29, 1.82) is 0 Å². The summed E-state index contributed by atoms with van der Waals surface area (Å²) in [7, 11) is 1.47. The van der Waals surface area contributed by atoms with Crippen LogP contribution in [0.25, 0.3) is 17.1 Å². The predicted octanol–water partition coefficient (Wildman–Crippen LogP) is 2.57. The fourth-order valence-corrected chi connectivity index (χ4v) is 3.18. The van der Waals surface area contributed by atoms with Gasteiger partial charge >= 0.3 is 5.91 Å². The summed E-state index contributed by atoms with van der Waals surface area (Å²) in [4.78, 5) is 28.1. The van der Waals surface area contributed by atoms with E-state index in [4.69, 9.17) is 15.2 Å². The number of nitrogens with zero attached hydrogens (tertiary/aromatic N) is 4. The summed E-state index contributed by atoms with van der Waals surface area (Å²) < 4.78 is 12.2. The van der Waals surface area contributed by atoms with Gasteiger partial charge in [0.1, 0.15) is 0 Å². The van der Waals surface area contributed by atoms with Gasteiger partial charge in [-0.3, -0.25) is 9.59 Å². The molecule has 4 aromatic rings. The third-order valence-corrected chi connectivity index (χ3v) is 4.78. The molecule has 1 aromatic heterocycles. The Bertz CT molecular complexity index is 1300. The summed E-state index contributed by atoms with van der Waals surface area (Å²) in [6, 6.07) is 23.8. The number of para-hydroxylation sites is 1. The Morgan fingerprint density at radius 3 is 2.43 bits per heavy atom. The summed E-state index contributed by atoms with van der Waals surface area (Å²) in [6.07, 6.45) is 1.44. The lowest BCUT2D eigenvalue weighted by molar-refractivity contribution is -0.119. The number of hydrogen-bond acceptors (Lipinski definition) is 7. The Balaban J connectivity index is 1.52. The lowest BCUT2D eigenvalue weighted by atomic mass is 10.2. The Kier molecular flexibility index (Phi) is 7.12. The minimum absolute atomic E-state index is 0.0300. The first-order valence-electron chi connectivity index (χ1n) is 10.6. The Morgan fingerprint density at radius 1 is 1.03 bits per heavy atom. The van der Waals surface area contributed by atoms with E-state index in [-0.39, 0.29) is 12.4 Å². The molecule has 0 saturated heterocycles. The van der Waals surface area contributed by atoms with Gasteiger partial charge in [0, 0.05) is 5.56 Å². The zero-order valence-electron chi connectivity index (χ0n) is 18.8. The van der Waals surface area contributed by atoms with E-state index < -0.39 is 11.8 Å². The second-order valence-electron chi connectivity index (χ2n) is 7.24. The third-order valence-electron chi connectivity index (χ3n) is 4.78. The number of hydrogen-bond donors (Lipinski definition) is 2. The fraction of sp³-hybridized carbons (Fsp3) is 0.0800. The molecule has 0 radical (unpaired) electrons. The first-order chi connectivity index (χ1) is 17.0. The standard InChI is InChI=1S/C25H22N6O4/c1-34-21-14-17(12-13-20(21)35-16-22(26)32)15-27-29-25(33)23-28-24(18-8-4-2-5-9-18)31(30-23)19-10-6-3-7-11-19/h2-15H,16H2,1H3,(H2,26,32)(H,29,33)/b27-15+. The lowest BCUT2D eigenvalue weighted by Gasteiger charge is -2.09. The molecule has 1 heterocycles. The number of nitrogens with one attached hydrogen (secondary N) is 1. The number of carbonyl (C=O) groups excluding carboxylic acids is 2. The summed E-state index contributed by atoms with van der Waals surface area (Å²) in [5.74, 6) is 0.0781. The Hall–Kier alpha value is -4.99. The highest BCUT2D eigenvalue weighted by Gasteiger charge is 2.18. The zero-order valence-corrected chi connectivity index (χ0v) is 18.8. The number of rotatable bonds is 9. The molecule has 176 valence electrons. The molecule has 0 saturated carbocycles. The second kappa shape index (κ2) is 10.8. The molecule has 10 nitrogen and oxygen atoms in total. The van der Waals surface area contributed by atoms with Crippen molar-refractivity contribution in [2.45, 2.75) is 0 Å². The van der Waals surface area contributed by atoms with E-state index in [9.17, 15) is 9.59 Å². The van der Waals surface area contributed by atoms with E-state index in [1.807, 2.05) is 60.7 Å². The van der Waals surface area contributed by atoms with Gasteiger partial charge in [-0.05, 0) is 35.9 Å². The van der Waals surface area contributed by atoms with Crippen LogP contribution in [0.1, 0.15) is 16.2 Å². The van der Waals surface area contributed by atoms with Crippen LogP contribution in [0, 0.1) is 0 Å². The molecule has 0 aliphatic carbocycles. The van der Waals surface area contributed by atoms with Crippen LogP contribution < -0.4 is 20.6 Å². The number of hydrazone groups is 1. The molecule has 0 bridgehead atoms. The van der Waals surface area contributed by atoms with Crippen LogP contribution >= 0.6 is 0 Å². The number of amides is 2.